The van der Waals surface area contributed by atoms with Crippen LogP contribution in [0.15, 0.2) is 0 Å². The van der Waals surface area contributed by atoms with E-state index in [9.17, 15) is 19.5 Å². The number of likely N-dealkylation sites (N-methyl/N-ethyl adjacent to an activating group) is 1. The number of nitrogens with one attached hydrogen (secondary N) is 2. The van der Waals surface area contributed by atoms with Gasteiger partial charge in [-0.3, -0.25) is 14.4 Å². The van der Waals surface area contributed by atoms with Crippen molar-refractivity contribution in [2.24, 2.45) is 11.3 Å². The molecule has 122 valence electrons. The number of carboxylic acid groups (broad SMARTS) is 1. The van der Waals surface area contributed by atoms with Crippen LogP contribution in [0.4, 0.5) is 0 Å². The quantitative estimate of drug-likeness (QED) is 0.602. The molecule has 0 aliphatic rings. The number of hydrogen-bond acceptors (Lipinski definition) is 3. The summed E-state index contributed by atoms with van der Waals surface area (Å²) in [6.07, 6.45) is 1.16. The molecule has 0 aromatic carbocycles. The van der Waals surface area contributed by atoms with Gasteiger partial charge in [0.05, 0.1) is 5.41 Å². The summed E-state index contributed by atoms with van der Waals surface area (Å²) in [5.74, 6) is -1.38. The van der Waals surface area contributed by atoms with Crippen LogP contribution in [0.3, 0.4) is 0 Å². The van der Waals surface area contributed by atoms with E-state index in [-0.39, 0.29) is 18.2 Å². The van der Waals surface area contributed by atoms with Gasteiger partial charge in [0.2, 0.25) is 11.8 Å². The monoisotopic (exact) mass is 300 g/mol. The van der Waals surface area contributed by atoms with Crippen molar-refractivity contribution in [1.82, 2.24) is 10.6 Å². The summed E-state index contributed by atoms with van der Waals surface area (Å²) in [5, 5.41) is 14.5. The zero-order valence-electron chi connectivity index (χ0n) is 13.7. The first-order valence-electron chi connectivity index (χ1n) is 7.46. The van der Waals surface area contributed by atoms with Crippen molar-refractivity contribution in [2.75, 3.05) is 7.05 Å². The van der Waals surface area contributed by atoms with Gasteiger partial charge in [-0.25, -0.2) is 0 Å². The molecule has 3 N–H and O–H groups in total. The summed E-state index contributed by atoms with van der Waals surface area (Å²) in [6.45, 7) is 7.44. The Bertz CT molecular complexity index is 376. The van der Waals surface area contributed by atoms with Crippen LogP contribution in [0, 0.1) is 11.3 Å². The first-order valence-corrected chi connectivity index (χ1v) is 7.46. The minimum Gasteiger partial charge on any atom is -0.481 e. The van der Waals surface area contributed by atoms with Crippen LogP contribution in [-0.2, 0) is 14.4 Å². The SMILES string of the molecule is CCC(CC)(CC(=O)NC(CC(C)C)C(=O)NC)C(=O)O. The molecule has 0 radical (unpaired) electrons. The van der Waals surface area contributed by atoms with Crippen molar-refractivity contribution in [3.05, 3.63) is 0 Å². The Morgan fingerprint density at radius 3 is 2.00 bits per heavy atom. The lowest BCUT2D eigenvalue weighted by molar-refractivity contribution is -0.152. The molecule has 0 aliphatic carbocycles. The Kier molecular flexibility index (Phi) is 7.99. The molecule has 21 heavy (non-hydrogen) atoms. The van der Waals surface area contributed by atoms with E-state index in [0.717, 1.165) is 0 Å². The second kappa shape index (κ2) is 8.64. The van der Waals surface area contributed by atoms with Gasteiger partial charge in [-0.05, 0) is 25.2 Å². The van der Waals surface area contributed by atoms with Gasteiger partial charge in [-0.1, -0.05) is 27.7 Å². The van der Waals surface area contributed by atoms with Crippen LogP contribution in [0.2, 0.25) is 0 Å². The highest BCUT2D eigenvalue weighted by molar-refractivity contribution is 5.90. The molecule has 2 amide bonds. The first kappa shape index (κ1) is 19.4. The maximum absolute atomic E-state index is 12.1. The third-order valence-electron chi connectivity index (χ3n) is 3.91. The summed E-state index contributed by atoms with van der Waals surface area (Å²) in [5.41, 5.74) is -1.06. The van der Waals surface area contributed by atoms with Crippen LogP contribution >= 0.6 is 0 Å². The van der Waals surface area contributed by atoms with Crippen molar-refractivity contribution in [3.63, 3.8) is 0 Å². The standard InChI is InChI=1S/C15H28N2O4/c1-6-15(7-2,14(20)21)9-12(18)17-11(8-10(3)4)13(19)16-5/h10-11H,6-9H2,1-5H3,(H,16,19)(H,17,18)(H,20,21). The molecule has 0 fully saturated rings. The lowest BCUT2D eigenvalue weighted by Gasteiger charge is -2.27. The first-order chi connectivity index (χ1) is 9.72. The summed E-state index contributed by atoms with van der Waals surface area (Å²) in [4.78, 5) is 35.3. The predicted octanol–water partition coefficient (Wildman–Crippen LogP) is 1.54. The highest BCUT2D eigenvalue weighted by Crippen LogP contribution is 2.31. The number of carboxylic acids is 1. The molecule has 6 heteroatoms. The Morgan fingerprint density at radius 1 is 1.14 bits per heavy atom. The van der Waals surface area contributed by atoms with Gasteiger partial charge in [-0.2, -0.15) is 0 Å². The molecule has 1 atom stereocenters. The molecule has 0 aromatic heterocycles. The van der Waals surface area contributed by atoms with Crippen LogP contribution < -0.4 is 10.6 Å². The van der Waals surface area contributed by atoms with Crippen LogP contribution in [0.1, 0.15) is 53.4 Å². The molecule has 0 bridgehead atoms. The Labute approximate surface area is 126 Å². The second-order valence-electron chi connectivity index (χ2n) is 5.83. The van der Waals surface area contributed by atoms with Gasteiger partial charge in [0.1, 0.15) is 6.04 Å². The van der Waals surface area contributed by atoms with E-state index < -0.39 is 23.3 Å². The maximum atomic E-state index is 12.1. The van der Waals surface area contributed by atoms with Crippen molar-refractivity contribution in [3.8, 4) is 0 Å². The molecule has 6 nitrogen and oxygen atoms in total. The molecule has 0 saturated carbocycles. The summed E-state index contributed by atoms with van der Waals surface area (Å²) in [6, 6.07) is -0.622. The average Bonchev–Trinajstić information content (AvgIpc) is 2.42. The molecule has 0 saturated heterocycles. The minimum atomic E-state index is -1.06. The summed E-state index contributed by atoms with van der Waals surface area (Å²) >= 11 is 0. The zero-order chi connectivity index (χ0) is 16.6. The van der Waals surface area contributed by atoms with Gasteiger partial charge in [0.15, 0.2) is 0 Å². The van der Waals surface area contributed by atoms with E-state index in [4.69, 9.17) is 0 Å². The van der Waals surface area contributed by atoms with Gasteiger partial charge in [-0.15, -0.1) is 0 Å². The lowest BCUT2D eigenvalue weighted by Crippen LogP contribution is -2.48. The van der Waals surface area contributed by atoms with Crippen molar-refractivity contribution in [1.29, 1.82) is 0 Å². The topological polar surface area (TPSA) is 95.5 Å². The normalized spacial score (nSPS) is 12.9. The zero-order valence-corrected chi connectivity index (χ0v) is 13.7. The van der Waals surface area contributed by atoms with E-state index in [1.54, 1.807) is 13.8 Å². The average molecular weight is 300 g/mol. The second-order valence-corrected chi connectivity index (χ2v) is 5.83. The number of rotatable bonds is 9. The third kappa shape index (κ3) is 5.73. The van der Waals surface area contributed by atoms with Gasteiger partial charge < -0.3 is 15.7 Å². The fraction of sp³-hybridized carbons (Fsp3) is 0.800. The number of hydrogen-bond donors (Lipinski definition) is 3. The van der Waals surface area contributed by atoms with E-state index in [1.165, 1.54) is 7.05 Å². The highest BCUT2D eigenvalue weighted by atomic mass is 16.4. The van der Waals surface area contributed by atoms with Crippen LogP contribution in [0.25, 0.3) is 0 Å². The Balaban J connectivity index is 4.90. The van der Waals surface area contributed by atoms with Gasteiger partial charge in [0.25, 0.3) is 0 Å². The van der Waals surface area contributed by atoms with Crippen LogP contribution in [0.5, 0.6) is 0 Å². The number of amides is 2. The molecule has 0 rings (SSSR count). The number of aliphatic carboxylic acids is 1. The molecule has 0 heterocycles. The smallest absolute Gasteiger partial charge is 0.310 e. The molecule has 0 aromatic rings. The molecule has 0 aliphatic heterocycles. The molecular formula is C15H28N2O4. The van der Waals surface area contributed by atoms with E-state index in [0.29, 0.717) is 19.3 Å². The summed E-state index contributed by atoms with van der Waals surface area (Å²) < 4.78 is 0. The van der Waals surface area contributed by atoms with Crippen molar-refractivity contribution < 1.29 is 19.5 Å². The highest BCUT2D eigenvalue weighted by Gasteiger charge is 2.37. The fourth-order valence-electron chi connectivity index (χ4n) is 2.31. The van der Waals surface area contributed by atoms with Crippen molar-refractivity contribution >= 4 is 17.8 Å². The lowest BCUT2D eigenvalue weighted by atomic mass is 9.79. The minimum absolute atomic E-state index is 0.110. The molecular weight excluding hydrogens is 272 g/mol. The van der Waals surface area contributed by atoms with Crippen LogP contribution in [-0.4, -0.2) is 36.0 Å². The fourth-order valence-corrected chi connectivity index (χ4v) is 2.31. The maximum Gasteiger partial charge on any atom is 0.310 e. The largest absolute Gasteiger partial charge is 0.481 e. The Morgan fingerprint density at radius 2 is 1.67 bits per heavy atom. The van der Waals surface area contributed by atoms with Gasteiger partial charge >= 0.3 is 5.97 Å². The number of carbonyl (C=O) groups excluding carboxylic acids is 2. The number of carbonyl (C=O) groups is 3. The van der Waals surface area contributed by atoms with E-state index in [2.05, 4.69) is 10.6 Å². The van der Waals surface area contributed by atoms with Crippen molar-refractivity contribution in [2.45, 2.75) is 59.4 Å². The summed E-state index contributed by atoms with van der Waals surface area (Å²) in [7, 11) is 1.52. The van der Waals surface area contributed by atoms with Gasteiger partial charge in [0, 0.05) is 13.5 Å². The molecule has 1 unspecified atom stereocenters. The third-order valence-corrected chi connectivity index (χ3v) is 3.91. The molecule has 0 spiro atoms. The Hall–Kier alpha value is -1.59. The predicted molar refractivity (Wildman–Crippen MR) is 80.7 cm³/mol. The van der Waals surface area contributed by atoms with E-state index >= 15 is 0 Å². The van der Waals surface area contributed by atoms with E-state index in [1.807, 2.05) is 13.8 Å².